The second-order valence-corrected chi connectivity index (χ2v) is 13.7. The van der Waals surface area contributed by atoms with Crippen LogP contribution in [0.3, 0.4) is 0 Å². The minimum absolute atomic E-state index is 0.132. The lowest BCUT2D eigenvalue weighted by Crippen LogP contribution is -2.51. The number of benzene rings is 1. The Morgan fingerprint density at radius 1 is 1.30 bits per heavy atom. The zero-order valence-electron chi connectivity index (χ0n) is 25.3. The normalized spacial score (nSPS) is 20.8. The van der Waals surface area contributed by atoms with E-state index in [-0.39, 0.29) is 23.3 Å². The maximum atomic E-state index is 15.3. The third-order valence-electron chi connectivity index (χ3n) is 8.21. The van der Waals surface area contributed by atoms with E-state index in [1.165, 1.54) is 42.4 Å². The summed E-state index contributed by atoms with van der Waals surface area (Å²) in [5.41, 5.74) is 7.10. The molecule has 0 bridgehead atoms. The van der Waals surface area contributed by atoms with Gasteiger partial charge in [0.2, 0.25) is 11.6 Å². The van der Waals surface area contributed by atoms with Crippen LogP contribution in [0.2, 0.25) is 0 Å². The van der Waals surface area contributed by atoms with Crippen LogP contribution < -0.4 is 15.8 Å². The van der Waals surface area contributed by atoms with Gasteiger partial charge in [0.1, 0.15) is 28.8 Å². The Kier molecular flexibility index (Phi) is 9.42. The summed E-state index contributed by atoms with van der Waals surface area (Å²) in [5, 5.41) is 15.0. The molecule has 1 aromatic carbocycles. The summed E-state index contributed by atoms with van der Waals surface area (Å²) < 4.78 is 38.2. The van der Waals surface area contributed by atoms with Crippen molar-refractivity contribution in [1.29, 1.82) is 5.41 Å². The van der Waals surface area contributed by atoms with Crippen LogP contribution in [0.15, 0.2) is 35.6 Å². The van der Waals surface area contributed by atoms with Gasteiger partial charge in [-0.3, -0.25) is 4.90 Å². The van der Waals surface area contributed by atoms with Crippen LogP contribution in [0.1, 0.15) is 65.5 Å². The summed E-state index contributed by atoms with van der Waals surface area (Å²) in [5.74, 6) is 0.334. The van der Waals surface area contributed by atoms with Gasteiger partial charge in [0, 0.05) is 43.2 Å². The average molecular weight is 612 g/mol. The van der Waals surface area contributed by atoms with E-state index in [0.717, 1.165) is 45.2 Å². The predicted molar refractivity (Wildman–Crippen MR) is 167 cm³/mol. The first-order valence-electron chi connectivity index (χ1n) is 14.9. The molecule has 2 unspecified atom stereocenters. The zero-order valence-corrected chi connectivity index (χ0v) is 26.2. The first-order chi connectivity index (χ1) is 20.6. The van der Waals surface area contributed by atoms with E-state index < -0.39 is 16.8 Å². The Hall–Kier alpha value is -3.42. The number of ether oxygens (including phenoxy) is 1. The fourth-order valence-corrected chi connectivity index (χ4v) is 7.23. The molecule has 2 fully saturated rings. The molecule has 13 heteroatoms. The van der Waals surface area contributed by atoms with Crippen LogP contribution in [0.5, 0.6) is 5.75 Å². The molecular formula is C30H42FN9O2S. The third-order valence-corrected chi connectivity index (χ3v) is 9.67. The number of nitrogens with one attached hydrogen (secondary N) is 2. The summed E-state index contributed by atoms with van der Waals surface area (Å²) in [6, 6.07) is 4.57. The highest BCUT2D eigenvalue weighted by Crippen LogP contribution is 2.32. The number of piperidine rings is 2. The maximum Gasteiger partial charge on any atom is 0.247 e. The molecule has 43 heavy (non-hydrogen) atoms. The molecule has 2 atom stereocenters. The Balaban J connectivity index is 1.30. The van der Waals surface area contributed by atoms with Crippen LogP contribution in [0.25, 0.3) is 11.2 Å². The van der Waals surface area contributed by atoms with Crippen molar-refractivity contribution < 1.29 is 13.3 Å². The number of hydrogen-bond acceptors (Lipinski definition) is 9. The molecule has 0 spiro atoms. The van der Waals surface area contributed by atoms with Crippen molar-refractivity contribution in [3.63, 3.8) is 0 Å². The summed E-state index contributed by atoms with van der Waals surface area (Å²) in [4.78, 5) is 11.9. The molecule has 2 aliphatic heterocycles. The average Bonchev–Trinajstić information content (AvgIpc) is 3.39. The molecule has 4 heterocycles. The number of allylic oxidation sites excluding steroid dienone is 1. The fourth-order valence-electron chi connectivity index (χ4n) is 5.91. The van der Waals surface area contributed by atoms with E-state index in [0.29, 0.717) is 33.5 Å². The Morgan fingerprint density at radius 2 is 2.12 bits per heavy atom. The van der Waals surface area contributed by atoms with E-state index in [1.807, 2.05) is 18.2 Å². The van der Waals surface area contributed by atoms with Gasteiger partial charge in [0.25, 0.3) is 0 Å². The molecule has 2 aliphatic rings. The van der Waals surface area contributed by atoms with Gasteiger partial charge in [0.15, 0.2) is 5.75 Å². The number of nitrogens with two attached hydrogens (primary N) is 1. The minimum Gasteiger partial charge on any atom is -0.485 e. The van der Waals surface area contributed by atoms with Crippen molar-refractivity contribution in [3.8, 4) is 5.75 Å². The summed E-state index contributed by atoms with van der Waals surface area (Å²) in [6.07, 6.45) is 9.41. The number of nitrogens with zero attached hydrogens (tertiary/aromatic N) is 6. The highest BCUT2D eigenvalue weighted by Gasteiger charge is 2.33. The van der Waals surface area contributed by atoms with Gasteiger partial charge in [0.05, 0.1) is 16.7 Å². The zero-order chi connectivity index (χ0) is 30.7. The Labute approximate surface area is 254 Å². The second-order valence-electron chi connectivity index (χ2n) is 12.2. The monoisotopic (exact) mass is 611 g/mol. The molecule has 0 radical (unpaired) electrons. The molecule has 11 nitrogen and oxygen atoms in total. The predicted octanol–water partition coefficient (Wildman–Crippen LogP) is 4.74. The smallest absolute Gasteiger partial charge is 0.247 e. The van der Waals surface area contributed by atoms with E-state index in [2.05, 4.69) is 39.1 Å². The molecule has 0 amide bonds. The highest BCUT2D eigenvalue weighted by molar-refractivity contribution is 7.82. The standard InChI is InChI=1S/C30H42FN9O2S/c1-20(2)42-27-26(22(15-32)16-33)34-19-40-28(27)36-29(37-40)35-25-10-9-23(14-24(25)31)43(41)39-13-7-8-21(18-39)17-38-12-6-5-11-30(38,3)4/h9-10,14-16,19-21,32H,5-8,11-13,17-18,33H2,1-4H3,(H,35,37)/b22-16+,32-15?. The van der Waals surface area contributed by atoms with Gasteiger partial charge >= 0.3 is 0 Å². The van der Waals surface area contributed by atoms with Crippen LogP contribution in [-0.4, -0.2) is 77.0 Å². The molecule has 2 saturated heterocycles. The number of rotatable bonds is 10. The van der Waals surface area contributed by atoms with Gasteiger partial charge in [-0.25, -0.2) is 17.9 Å². The molecule has 5 rings (SSSR count). The van der Waals surface area contributed by atoms with Gasteiger partial charge in [-0.15, -0.1) is 5.10 Å². The topological polar surface area (TPSA) is 138 Å². The van der Waals surface area contributed by atoms with Crippen molar-refractivity contribution in [2.24, 2.45) is 11.7 Å². The number of aromatic nitrogens is 4. The van der Waals surface area contributed by atoms with Crippen molar-refractivity contribution in [3.05, 3.63) is 42.2 Å². The lowest BCUT2D eigenvalue weighted by atomic mass is 9.88. The molecule has 3 aromatic rings. The number of likely N-dealkylation sites (tertiary alicyclic amines) is 1. The van der Waals surface area contributed by atoms with E-state index in [9.17, 15) is 4.21 Å². The minimum atomic E-state index is -1.46. The lowest BCUT2D eigenvalue weighted by Gasteiger charge is -2.45. The van der Waals surface area contributed by atoms with E-state index in [4.69, 9.17) is 15.9 Å². The van der Waals surface area contributed by atoms with Crippen LogP contribution in [-0.2, 0) is 11.0 Å². The quantitative estimate of drug-likeness (QED) is 0.280. The molecule has 4 N–H and O–H groups in total. The summed E-state index contributed by atoms with van der Waals surface area (Å²) in [7, 11) is -1.46. The highest BCUT2D eigenvalue weighted by atomic mass is 32.2. The number of fused-ring (bicyclic) bond motifs is 1. The fraction of sp³-hybridized carbons (Fsp3) is 0.533. The number of anilines is 2. The first-order valence-corrected chi connectivity index (χ1v) is 16.0. The van der Waals surface area contributed by atoms with Crippen molar-refractivity contribution in [2.75, 3.05) is 31.5 Å². The maximum absolute atomic E-state index is 15.3. The van der Waals surface area contributed by atoms with Gasteiger partial charge < -0.3 is 21.2 Å². The molecule has 0 aliphatic carbocycles. The lowest BCUT2D eigenvalue weighted by molar-refractivity contribution is 0.0504. The van der Waals surface area contributed by atoms with E-state index >= 15 is 4.39 Å². The van der Waals surface area contributed by atoms with Crippen molar-refractivity contribution in [1.82, 2.24) is 28.8 Å². The third kappa shape index (κ3) is 6.89. The SMILES string of the molecule is CC(C)Oc1c(/C(C=N)=C/N)ncn2nc(Nc3ccc(S(=O)N4CCCC(CN5CCCCC5(C)C)C4)cc3F)nc12. The molecule has 2 aromatic heterocycles. The van der Waals surface area contributed by atoms with Gasteiger partial charge in [-0.05, 0) is 84.0 Å². The Bertz CT molecular complexity index is 1520. The summed E-state index contributed by atoms with van der Waals surface area (Å²) in [6.45, 7) is 12.0. The summed E-state index contributed by atoms with van der Waals surface area (Å²) >= 11 is 0. The van der Waals surface area contributed by atoms with Crippen LogP contribution in [0.4, 0.5) is 16.0 Å². The van der Waals surface area contributed by atoms with Crippen LogP contribution in [0, 0.1) is 17.1 Å². The Morgan fingerprint density at radius 3 is 2.81 bits per heavy atom. The largest absolute Gasteiger partial charge is 0.485 e. The van der Waals surface area contributed by atoms with Gasteiger partial charge in [-0.2, -0.15) is 9.50 Å². The van der Waals surface area contributed by atoms with Crippen molar-refractivity contribution >= 4 is 40.1 Å². The number of hydrogen-bond donors (Lipinski definition) is 3. The van der Waals surface area contributed by atoms with Crippen LogP contribution >= 0.6 is 0 Å². The first kappa shape index (κ1) is 31.0. The van der Waals surface area contributed by atoms with Crippen molar-refractivity contribution in [2.45, 2.75) is 76.3 Å². The molecule has 232 valence electrons. The van der Waals surface area contributed by atoms with Gasteiger partial charge in [-0.1, -0.05) is 6.42 Å². The van der Waals surface area contributed by atoms with E-state index in [1.54, 1.807) is 12.1 Å². The molecule has 0 saturated carbocycles. The number of halogens is 1. The second kappa shape index (κ2) is 13.1. The molecular weight excluding hydrogens is 569 g/mol.